The first-order chi connectivity index (χ1) is 8.56. The van der Waals surface area contributed by atoms with Gasteiger partial charge in [0.2, 0.25) is 5.89 Å². The molecule has 0 fully saturated rings. The van der Waals surface area contributed by atoms with Crippen LogP contribution >= 0.6 is 0 Å². The molecule has 0 saturated carbocycles. The maximum Gasteiger partial charge on any atom is 0.223 e. The maximum absolute atomic E-state index is 4.94. The first-order valence-electron chi connectivity index (χ1n) is 6.16. The molecule has 0 aliphatic carbocycles. The van der Waals surface area contributed by atoms with Gasteiger partial charge in [-0.25, -0.2) is 0 Å². The first kappa shape index (κ1) is 12.8. The molecule has 0 bridgehead atoms. The van der Waals surface area contributed by atoms with E-state index in [1.807, 2.05) is 0 Å². The highest BCUT2D eigenvalue weighted by atomic mass is 16.5. The van der Waals surface area contributed by atoms with Gasteiger partial charge in [-0.05, 0) is 31.9 Å². The number of hydrogen-bond acceptors (Lipinski definition) is 4. The molecule has 0 amide bonds. The molecule has 0 radical (unpaired) electrons. The van der Waals surface area contributed by atoms with Crippen molar-refractivity contribution >= 4 is 0 Å². The van der Waals surface area contributed by atoms with Crippen LogP contribution in [0.25, 0.3) is 0 Å². The van der Waals surface area contributed by atoms with E-state index in [1.54, 1.807) is 6.92 Å². The topological polar surface area (TPSA) is 51.0 Å². The molecular formula is C14H19N3O. The molecule has 1 N–H and O–H groups in total. The summed E-state index contributed by atoms with van der Waals surface area (Å²) in [5.74, 6) is 1.30. The van der Waals surface area contributed by atoms with Crippen LogP contribution in [0.3, 0.4) is 0 Å². The average molecular weight is 245 g/mol. The van der Waals surface area contributed by atoms with Gasteiger partial charge in [0, 0.05) is 13.0 Å². The lowest BCUT2D eigenvalue weighted by atomic mass is 10.0. The number of hydrogen-bond donors (Lipinski definition) is 1. The smallest absolute Gasteiger partial charge is 0.223 e. The normalized spacial score (nSPS) is 12.7. The number of nitrogens with zero attached hydrogens (tertiary/aromatic N) is 2. The Kier molecular flexibility index (Phi) is 3.77. The zero-order valence-corrected chi connectivity index (χ0v) is 11.3. The van der Waals surface area contributed by atoms with E-state index < -0.39 is 0 Å². The van der Waals surface area contributed by atoms with E-state index in [1.165, 1.54) is 16.7 Å². The third-order valence-electron chi connectivity index (χ3n) is 3.03. The minimum absolute atomic E-state index is 0.268. The second-order valence-electron chi connectivity index (χ2n) is 4.69. The van der Waals surface area contributed by atoms with Crippen LogP contribution in [0, 0.1) is 20.8 Å². The van der Waals surface area contributed by atoms with Gasteiger partial charge in [0.05, 0.1) is 6.54 Å². The fourth-order valence-corrected chi connectivity index (χ4v) is 2.08. The molecular weight excluding hydrogens is 226 g/mol. The van der Waals surface area contributed by atoms with Crippen molar-refractivity contribution in [3.63, 3.8) is 0 Å². The molecule has 1 unspecified atom stereocenters. The monoisotopic (exact) mass is 245 g/mol. The largest absolute Gasteiger partial charge is 0.340 e. The summed E-state index contributed by atoms with van der Waals surface area (Å²) in [7, 11) is 0. The van der Waals surface area contributed by atoms with E-state index in [0.29, 0.717) is 18.3 Å². The molecule has 4 nitrogen and oxygen atoms in total. The summed E-state index contributed by atoms with van der Waals surface area (Å²) in [6, 6.07) is 6.78. The Bertz CT molecular complexity index is 534. The van der Waals surface area contributed by atoms with Crippen molar-refractivity contribution < 1.29 is 4.52 Å². The first-order valence-corrected chi connectivity index (χ1v) is 6.16. The number of aryl methyl sites for hydroxylation is 3. The maximum atomic E-state index is 4.94. The van der Waals surface area contributed by atoms with Crippen molar-refractivity contribution in [2.75, 3.05) is 0 Å². The highest BCUT2D eigenvalue weighted by Crippen LogP contribution is 2.18. The van der Waals surface area contributed by atoms with E-state index in [4.69, 9.17) is 4.52 Å². The number of nitrogens with one attached hydrogen (secondary N) is 1. The van der Waals surface area contributed by atoms with Crippen molar-refractivity contribution in [2.45, 2.75) is 40.3 Å². The minimum atomic E-state index is 0.268. The van der Waals surface area contributed by atoms with Gasteiger partial charge in [0.25, 0.3) is 0 Å². The molecule has 1 aromatic heterocycles. The van der Waals surface area contributed by atoms with Gasteiger partial charge in [-0.15, -0.1) is 0 Å². The molecule has 0 saturated heterocycles. The molecule has 1 atom stereocenters. The van der Waals surface area contributed by atoms with Crippen LogP contribution in [-0.2, 0) is 6.54 Å². The van der Waals surface area contributed by atoms with Gasteiger partial charge in [-0.3, -0.25) is 0 Å². The highest BCUT2D eigenvalue weighted by molar-refractivity contribution is 5.32. The molecule has 0 aliphatic rings. The lowest BCUT2D eigenvalue weighted by Gasteiger charge is -2.16. The molecule has 1 heterocycles. The fraction of sp³-hybridized carbons (Fsp3) is 0.429. The zero-order chi connectivity index (χ0) is 13.1. The lowest BCUT2D eigenvalue weighted by molar-refractivity contribution is 0.384. The van der Waals surface area contributed by atoms with Crippen molar-refractivity contribution in [3.8, 4) is 0 Å². The van der Waals surface area contributed by atoms with Crippen LogP contribution in [0.5, 0.6) is 0 Å². The Labute approximate surface area is 107 Å². The van der Waals surface area contributed by atoms with Crippen LogP contribution < -0.4 is 5.32 Å². The van der Waals surface area contributed by atoms with Crippen molar-refractivity contribution in [1.29, 1.82) is 0 Å². The Morgan fingerprint density at radius 3 is 2.67 bits per heavy atom. The second-order valence-corrected chi connectivity index (χ2v) is 4.69. The molecule has 4 heteroatoms. The lowest BCUT2D eigenvalue weighted by Crippen LogP contribution is -2.19. The molecule has 2 rings (SSSR count). The Morgan fingerprint density at radius 1 is 1.28 bits per heavy atom. The van der Waals surface area contributed by atoms with Crippen molar-refractivity contribution in [1.82, 2.24) is 15.5 Å². The summed E-state index contributed by atoms with van der Waals surface area (Å²) in [5.41, 5.74) is 3.90. The quantitative estimate of drug-likeness (QED) is 0.900. The molecule has 96 valence electrons. The van der Waals surface area contributed by atoms with Crippen molar-refractivity contribution in [3.05, 3.63) is 46.6 Å². The third kappa shape index (κ3) is 2.96. The Hall–Kier alpha value is -1.68. The Morgan fingerprint density at radius 2 is 2.06 bits per heavy atom. The Balaban J connectivity index is 2.01. The SMILES string of the molecule is Cc1ccc(C(C)NCc2noc(C)n2)c(C)c1. The number of benzene rings is 1. The summed E-state index contributed by atoms with van der Waals surface area (Å²) >= 11 is 0. The minimum Gasteiger partial charge on any atom is -0.340 e. The van der Waals surface area contributed by atoms with Gasteiger partial charge in [0.1, 0.15) is 0 Å². The van der Waals surface area contributed by atoms with Crippen LogP contribution in [0.1, 0.15) is 41.4 Å². The number of aromatic nitrogens is 2. The van der Waals surface area contributed by atoms with E-state index >= 15 is 0 Å². The highest BCUT2D eigenvalue weighted by Gasteiger charge is 2.09. The predicted octanol–water partition coefficient (Wildman–Crippen LogP) is 2.85. The molecule has 1 aromatic carbocycles. The van der Waals surface area contributed by atoms with Gasteiger partial charge < -0.3 is 9.84 Å². The summed E-state index contributed by atoms with van der Waals surface area (Å²) in [4.78, 5) is 4.17. The van der Waals surface area contributed by atoms with Gasteiger partial charge in [-0.1, -0.05) is 28.9 Å². The van der Waals surface area contributed by atoms with Gasteiger partial charge in [-0.2, -0.15) is 4.98 Å². The third-order valence-corrected chi connectivity index (χ3v) is 3.03. The van der Waals surface area contributed by atoms with E-state index in [2.05, 4.69) is 54.4 Å². The average Bonchev–Trinajstić information content (AvgIpc) is 2.72. The zero-order valence-electron chi connectivity index (χ0n) is 11.3. The van der Waals surface area contributed by atoms with Crippen LogP contribution in [0.4, 0.5) is 0 Å². The number of rotatable bonds is 4. The summed E-state index contributed by atoms with van der Waals surface area (Å²) < 4.78 is 4.94. The summed E-state index contributed by atoms with van der Waals surface area (Å²) in [6.07, 6.45) is 0. The molecule has 0 spiro atoms. The van der Waals surface area contributed by atoms with Crippen molar-refractivity contribution in [2.24, 2.45) is 0 Å². The van der Waals surface area contributed by atoms with E-state index in [-0.39, 0.29) is 6.04 Å². The summed E-state index contributed by atoms with van der Waals surface area (Å²) in [5, 5.41) is 7.27. The molecule has 2 aromatic rings. The molecule has 0 aliphatic heterocycles. The van der Waals surface area contributed by atoms with Crippen LogP contribution in [-0.4, -0.2) is 10.1 Å². The predicted molar refractivity (Wildman–Crippen MR) is 70.2 cm³/mol. The fourth-order valence-electron chi connectivity index (χ4n) is 2.08. The second kappa shape index (κ2) is 5.31. The van der Waals surface area contributed by atoms with E-state index in [0.717, 1.165) is 0 Å². The van der Waals surface area contributed by atoms with Gasteiger partial charge in [0.15, 0.2) is 5.82 Å². The van der Waals surface area contributed by atoms with Crippen LogP contribution in [0.15, 0.2) is 22.7 Å². The van der Waals surface area contributed by atoms with E-state index in [9.17, 15) is 0 Å². The van der Waals surface area contributed by atoms with Gasteiger partial charge >= 0.3 is 0 Å². The molecule has 18 heavy (non-hydrogen) atoms. The standard InChI is InChI=1S/C14H19N3O/c1-9-5-6-13(10(2)7-9)11(3)15-8-14-16-12(4)18-17-14/h5-7,11,15H,8H2,1-4H3. The van der Waals surface area contributed by atoms with Crippen LogP contribution in [0.2, 0.25) is 0 Å². The summed E-state index contributed by atoms with van der Waals surface area (Å²) in [6.45, 7) is 8.80.